The summed E-state index contributed by atoms with van der Waals surface area (Å²) in [6.45, 7) is 1.29. The highest BCUT2D eigenvalue weighted by Crippen LogP contribution is 2.15. The Morgan fingerprint density at radius 3 is 2.88 bits per heavy atom. The fourth-order valence-electron chi connectivity index (χ4n) is 3.08. The SMILES string of the molecule is CN(Cc1nnc2n1CCCCC2)C(=O)CCC1NC(=O)NC1=O. The van der Waals surface area contributed by atoms with Crippen LogP contribution in [0, 0.1) is 0 Å². The Morgan fingerprint density at radius 2 is 2.12 bits per heavy atom. The fraction of sp³-hybridized carbons (Fsp3) is 0.667. The van der Waals surface area contributed by atoms with Gasteiger partial charge in [0.15, 0.2) is 5.82 Å². The summed E-state index contributed by atoms with van der Waals surface area (Å²) >= 11 is 0. The second-order valence-electron chi connectivity index (χ2n) is 6.30. The van der Waals surface area contributed by atoms with Gasteiger partial charge in [-0.3, -0.25) is 14.9 Å². The van der Waals surface area contributed by atoms with Crippen molar-refractivity contribution in [1.29, 1.82) is 0 Å². The van der Waals surface area contributed by atoms with Gasteiger partial charge in [-0.2, -0.15) is 0 Å². The summed E-state index contributed by atoms with van der Waals surface area (Å²) < 4.78 is 2.11. The summed E-state index contributed by atoms with van der Waals surface area (Å²) in [4.78, 5) is 36.4. The van der Waals surface area contributed by atoms with Crippen molar-refractivity contribution in [1.82, 2.24) is 30.3 Å². The largest absolute Gasteiger partial charge is 0.338 e. The Morgan fingerprint density at radius 1 is 1.29 bits per heavy atom. The van der Waals surface area contributed by atoms with Crippen LogP contribution in [0.3, 0.4) is 0 Å². The fourth-order valence-corrected chi connectivity index (χ4v) is 3.08. The summed E-state index contributed by atoms with van der Waals surface area (Å²) in [7, 11) is 1.72. The third-order valence-corrected chi connectivity index (χ3v) is 4.50. The average Bonchev–Trinajstić information content (AvgIpc) is 2.97. The molecule has 24 heavy (non-hydrogen) atoms. The smallest absolute Gasteiger partial charge is 0.322 e. The highest BCUT2D eigenvalue weighted by atomic mass is 16.2. The molecule has 2 N–H and O–H groups in total. The van der Waals surface area contributed by atoms with Gasteiger partial charge < -0.3 is 14.8 Å². The lowest BCUT2D eigenvalue weighted by molar-refractivity contribution is -0.130. The molecule has 3 rings (SSSR count). The third kappa shape index (κ3) is 3.55. The van der Waals surface area contributed by atoms with Crippen LogP contribution in [0.1, 0.15) is 43.8 Å². The van der Waals surface area contributed by atoms with Gasteiger partial charge in [-0.05, 0) is 19.3 Å². The van der Waals surface area contributed by atoms with E-state index in [1.165, 1.54) is 6.42 Å². The first kappa shape index (κ1) is 16.4. The van der Waals surface area contributed by atoms with Crippen molar-refractivity contribution in [2.45, 2.75) is 57.7 Å². The Labute approximate surface area is 139 Å². The monoisotopic (exact) mass is 334 g/mol. The molecule has 1 aromatic rings. The van der Waals surface area contributed by atoms with E-state index in [0.29, 0.717) is 13.0 Å². The molecule has 1 unspecified atom stereocenters. The molecule has 2 aliphatic rings. The maximum atomic E-state index is 12.3. The Bertz CT molecular complexity index is 656. The lowest BCUT2D eigenvalue weighted by Crippen LogP contribution is -2.33. The number of carbonyl (C=O) groups is 3. The summed E-state index contributed by atoms with van der Waals surface area (Å²) in [6.07, 6.45) is 4.83. The van der Waals surface area contributed by atoms with Gasteiger partial charge in [0.25, 0.3) is 5.91 Å². The van der Waals surface area contributed by atoms with Crippen LogP contribution in [0.4, 0.5) is 4.79 Å². The molecule has 9 heteroatoms. The number of imide groups is 1. The molecule has 0 bridgehead atoms. The molecule has 130 valence electrons. The highest BCUT2D eigenvalue weighted by molar-refractivity contribution is 6.04. The molecule has 0 spiro atoms. The van der Waals surface area contributed by atoms with E-state index < -0.39 is 12.1 Å². The zero-order valence-corrected chi connectivity index (χ0v) is 13.7. The Balaban J connectivity index is 1.54. The van der Waals surface area contributed by atoms with Crippen molar-refractivity contribution >= 4 is 17.8 Å². The van der Waals surface area contributed by atoms with Crippen LogP contribution in [-0.4, -0.2) is 50.6 Å². The van der Waals surface area contributed by atoms with Crippen LogP contribution in [-0.2, 0) is 29.1 Å². The summed E-state index contributed by atoms with van der Waals surface area (Å²) in [5.74, 6) is 1.33. The van der Waals surface area contributed by atoms with Gasteiger partial charge >= 0.3 is 6.03 Å². The number of amides is 4. The highest BCUT2D eigenvalue weighted by Gasteiger charge is 2.30. The lowest BCUT2D eigenvalue weighted by Gasteiger charge is -2.18. The van der Waals surface area contributed by atoms with Crippen molar-refractivity contribution in [3.05, 3.63) is 11.6 Å². The maximum absolute atomic E-state index is 12.3. The van der Waals surface area contributed by atoms with E-state index in [-0.39, 0.29) is 18.2 Å². The summed E-state index contributed by atoms with van der Waals surface area (Å²) in [5.41, 5.74) is 0. The first-order valence-electron chi connectivity index (χ1n) is 8.31. The summed E-state index contributed by atoms with van der Waals surface area (Å²) in [6, 6.07) is -1.13. The molecule has 1 fully saturated rings. The van der Waals surface area contributed by atoms with E-state index in [1.807, 2.05) is 0 Å². The van der Waals surface area contributed by atoms with Gasteiger partial charge in [0.05, 0.1) is 6.54 Å². The number of nitrogens with zero attached hydrogens (tertiary/aromatic N) is 4. The second kappa shape index (κ2) is 6.98. The van der Waals surface area contributed by atoms with Crippen LogP contribution in [0.5, 0.6) is 0 Å². The maximum Gasteiger partial charge on any atom is 0.322 e. The molecule has 0 aromatic carbocycles. The van der Waals surface area contributed by atoms with Gasteiger partial charge in [0.1, 0.15) is 11.9 Å². The number of rotatable bonds is 5. The second-order valence-corrected chi connectivity index (χ2v) is 6.30. The van der Waals surface area contributed by atoms with E-state index in [9.17, 15) is 14.4 Å². The number of aryl methyl sites for hydroxylation is 1. The molecule has 4 amide bonds. The van der Waals surface area contributed by atoms with Gasteiger partial charge in [0.2, 0.25) is 5.91 Å². The number of carbonyl (C=O) groups excluding carboxylic acids is 3. The Hall–Kier alpha value is -2.45. The van der Waals surface area contributed by atoms with E-state index in [1.54, 1.807) is 11.9 Å². The molecule has 1 saturated heterocycles. The zero-order valence-electron chi connectivity index (χ0n) is 13.7. The molecule has 0 saturated carbocycles. The zero-order chi connectivity index (χ0) is 17.1. The van der Waals surface area contributed by atoms with Crippen LogP contribution in [0.15, 0.2) is 0 Å². The molecule has 9 nitrogen and oxygen atoms in total. The van der Waals surface area contributed by atoms with E-state index in [0.717, 1.165) is 37.5 Å². The third-order valence-electron chi connectivity index (χ3n) is 4.50. The quantitative estimate of drug-likeness (QED) is 0.734. The number of hydrogen-bond acceptors (Lipinski definition) is 5. The first-order chi connectivity index (χ1) is 11.5. The normalized spacial score (nSPS) is 20.1. The van der Waals surface area contributed by atoms with Crippen molar-refractivity contribution in [2.75, 3.05) is 7.05 Å². The molecule has 2 aliphatic heterocycles. The van der Waals surface area contributed by atoms with Crippen LogP contribution in [0.2, 0.25) is 0 Å². The topological polar surface area (TPSA) is 109 Å². The average molecular weight is 334 g/mol. The number of urea groups is 1. The van der Waals surface area contributed by atoms with Gasteiger partial charge in [0, 0.05) is 26.4 Å². The van der Waals surface area contributed by atoms with Crippen LogP contribution < -0.4 is 10.6 Å². The first-order valence-corrected chi connectivity index (χ1v) is 8.31. The number of hydrogen-bond donors (Lipinski definition) is 2. The van der Waals surface area contributed by atoms with Gasteiger partial charge in [-0.25, -0.2) is 4.79 Å². The molecule has 0 radical (unpaired) electrons. The van der Waals surface area contributed by atoms with E-state index in [4.69, 9.17) is 0 Å². The Kier molecular flexibility index (Phi) is 4.77. The molecular weight excluding hydrogens is 312 g/mol. The van der Waals surface area contributed by atoms with Gasteiger partial charge in [-0.1, -0.05) is 6.42 Å². The number of fused-ring (bicyclic) bond motifs is 1. The molecule has 1 atom stereocenters. The standard InChI is InChI=1S/C15H22N6O3/c1-20(13(22)7-6-10-14(23)17-15(24)16-10)9-12-19-18-11-5-3-2-4-8-21(11)12/h10H,2-9H2,1H3,(H2,16,17,23,24). The minimum Gasteiger partial charge on any atom is -0.338 e. The molecular formula is C15H22N6O3. The van der Waals surface area contributed by atoms with Crippen molar-refractivity contribution in [3.8, 4) is 0 Å². The van der Waals surface area contributed by atoms with E-state index >= 15 is 0 Å². The van der Waals surface area contributed by atoms with Crippen molar-refractivity contribution < 1.29 is 14.4 Å². The number of nitrogens with one attached hydrogen (secondary N) is 2. The van der Waals surface area contributed by atoms with Crippen molar-refractivity contribution in [3.63, 3.8) is 0 Å². The van der Waals surface area contributed by atoms with E-state index in [2.05, 4.69) is 25.4 Å². The molecule has 1 aromatic heterocycles. The predicted octanol–water partition coefficient (Wildman–Crippen LogP) is -0.0489. The summed E-state index contributed by atoms with van der Waals surface area (Å²) in [5, 5.41) is 13.1. The van der Waals surface area contributed by atoms with Gasteiger partial charge in [-0.15, -0.1) is 10.2 Å². The molecule has 0 aliphatic carbocycles. The molecule has 3 heterocycles. The lowest BCUT2D eigenvalue weighted by atomic mass is 10.1. The predicted molar refractivity (Wildman–Crippen MR) is 83.7 cm³/mol. The minimum absolute atomic E-state index is 0.0880. The van der Waals surface area contributed by atoms with Crippen LogP contribution in [0.25, 0.3) is 0 Å². The number of aromatic nitrogens is 3. The minimum atomic E-state index is -0.626. The van der Waals surface area contributed by atoms with Crippen molar-refractivity contribution in [2.24, 2.45) is 0 Å². The van der Waals surface area contributed by atoms with Crippen LogP contribution >= 0.6 is 0 Å².